The van der Waals surface area contributed by atoms with Gasteiger partial charge in [0.05, 0.1) is 12.2 Å². The zero-order valence-electron chi connectivity index (χ0n) is 14.4. The number of hydrogen-bond acceptors (Lipinski definition) is 4. The average molecular weight is 379 g/mol. The van der Waals surface area contributed by atoms with E-state index in [9.17, 15) is 18.4 Å². The second-order valence-electron chi connectivity index (χ2n) is 6.04. The molecular weight excluding hydrogens is 360 g/mol. The Labute approximate surface area is 154 Å². The van der Waals surface area contributed by atoms with Gasteiger partial charge in [-0.25, -0.2) is 13.6 Å². The number of carbonyl (C=O) groups excluding carboxylic acids is 2. The molecule has 1 N–H and O–H groups in total. The third kappa shape index (κ3) is 3.62. The first-order valence-electron chi connectivity index (χ1n) is 8.60. The maximum atomic E-state index is 13.9. The van der Waals surface area contributed by atoms with E-state index in [1.54, 1.807) is 6.92 Å². The molecule has 0 saturated heterocycles. The summed E-state index contributed by atoms with van der Waals surface area (Å²) >= 11 is 1.29. The number of hydrogen-bond donors (Lipinski definition) is 1. The predicted octanol–water partition coefficient (Wildman–Crippen LogP) is 4.72. The Hall–Kier alpha value is -2.28. The summed E-state index contributed by atoms with van der Waals surface area (Å²) in [7, 11) is 0. The predicted molar refractivity (Wildman–Crippen MR) is 95.8 cm³/mol. The summed E-state index contributed by atoms with van der Waals surface area (Å²) in [5, 5.41) is 2.82. The van der Waals surface area contributed by atoms with Crippen LogP contribution in [-0.2, 0) is 17.6 Å². The van der Waals surface area contributed by atoms with Crippen LogP contribution in [0.4, 0.5) is 13.8 Å². The lowest BCUT2D eigenvalue weighted by atomic mass is 10.1. The van der Waals surface area contributed by atoms with Gasteiger partial charge >= 0.3 is 5.97 Å². The molecule has 26 heavy (non-hydrogen) atoms. The number of anilines is 1. The molecule has 1 aliphatic carbocycles. The Morgan fingerprint density at radius 3 is 2.50 bits per heavy atom. The maximum Gasteiger partial charge on any atom is 0.341 e. The number of thiophene rings is 1. The second kappa shape index (κ2) is 7.95. The number of halogens is 2. The van der Waals surface area contributed by atoms with E-state index < -0.39 is 29.1 Å². The standard InChI is InChI=1S/C19H19F2NO3S/c1-2-25-19(24)15-11-7-4-3-5-10-14(11)26-18(15)22-17(23)16-12(20)8-6-9-13(16)21/h6,8-9H,2-5,7,10H2,1H3,(H,22,23). The summed E-state index contributed by atoms with van der Waals surface area (Å²) in [5.41, 5.74) is 0.542. The van der Waals surface area contributed by atoms with E-state index >= 15 is 0 Å². The van der Waals surface area contributed by atoms with Crippen molar-refractivity contribution >= 4 is 28.2 Å². The highest BCUT2D eigenvalue weighted by atomic mass is 32.1. The Balaban J connectivity index is 1.99. The molecular formula is C19H19F2NO3S. The zero-order valence-corrected chi connectivity index (χ0v) is 15.2. The van der Waals surface area contributed by atoms with E-state index in [2.05, 4.69) is 5.32 Å². The number of nitrogens with one attached hydrogen (secondary N) is 1. The molecule has 0 aliphatic heterocycles. The van der Waals surface area contributed by atoms with Gasteiger partial charge in [0, 0.05) is 4.88 Å². The minimum Gasteiger partial charge on any atom is -0.462 e. The lowest BCUT2D eigenvalue weighted by Crippen LogP contribution is -2.18. The molecule has 1 aromatic heterocycles. The summed E-state index contributed by atoms with van der Waals surface area (Å²) < 4.78 is 32.9. The van der Waals surface area contributed by atoms with Crippen molar-refractivity contribution in [1.29, 1.82) is 0 Å². The number of benzene rings is 1. The first-order valence-corrected chi connectivity index (χ1v) is 9.41. The number of fused-ring (bicyclic) bond motifs is 1. The number of esters is 1. The van der Waals surface area contributed by atoms with Crippen molar-refractivity contribution in [1.82, 2.24) is 0 Å². The molecule has 1 amide bonds. The fourth-order valence-electron chi connectivity index (χ4n) is 3.13. The number of aryl methyl sites for hydroxylation is 1. The van der Waals surface area contributed by atoms with Crippen LogP contribution in [0.1, 0.15) is 57.3 Å². The third-order valence-electron chi connectivity index (χ3n) is 4.32. The van der Waals surface area contributed by atoms with E-state index in [1.807, 2.05) is 0 Å². The number of amides is 1. The van der Waals surface area contributed by atoms with E-state index in [4.69, 9.17) is 4.74 Å². The molecule has 1 aliphatic rings. The van der Waals surface area contributed by atoms with Crippen molar-refractivity contribution in [3.8, 4) is 0 Å². The molecule has 3 rings (SSSR count). The van der Waals surface area contributed by atoms with Crippen molar-refractivity contribution < 1.29 is 23.1 Å². The summed E-state index contributed by atoms with van der Waals surface area (Å²) in [5.74, 6) is -3.32. The molecule has 4 nitrogen and oxygen atoms in total. The number of rotatable bonds is 4. The smallest absolute Gasteiger partial charge is 0.341 e. The molecule has 0 saturated carbocycles. The molecule has 1 aromatic carbocycles. The monoisotopic (exact) mass is 379 g/mol. The molecule has 0 fully saturated rings. The first-order chi connectivity index (χ1) is 12.5. The Morgan fingerprint density at radius 2 is 1.81 bits per heavy atom. The molecule has 0 unspecified atom stereocenters. The third-order valence-corrected chi connectivity index (χ3v) is 5.52. The lowest BCUT2D eigenvalue weighted by Gasteiger charge is -2.09. The molecule has 138 valence electrons. The van der Waals surface area contributed by atoms with Crippen LogP contribution in [-0.4, -0.2) is 18.5 Å². The Morgan fingerprint density at radius 1 is 1.12 bits per heavy atom. The summed E-state index contributed by atoms with van der Waals surface area (Å²) in [6.45, 7) is 1.91. The Kier molecular flexibility index (Phi) is 5.66. The number of ether oxygens (including phenoxy) is 1. The van der Waals surface area contributed by atoms with Crippen molar-refractivity contribution in [2.45, 2.75) is 39.0 Å². The summed E-state index contributed by atoms with van der Waals surface area (Å²) in [6, 6.07) is 3.24. The van der Waals surface area contributed by atoms with E-state index in [0.717, 1.165) is 54.7 Å². The zero-order chi connectivity index (χ0) is 18.7. The van der Waals surface area contributed by atoms with E-state index in [-0.39, 0.29) is 6.61 Å². The highest BCUT2D eigenvalue weighted by Gasteiger charge is 2.28. The molecule has 0 bridgehead atoms. The van der Waals surface area contributed by atoms with Crippen LogP contribution in [0.25, 0.3) is 0 Å². The van der Waals surface area contributed by atoms with Crippen LogP contribution < -0.4 is 5.32 Å². The molecule has 0 radical (unpaired) electrons. The van der Waals surface area contributed by atoms with Gasteiger partial charge in [-0.1, -0.05) is 12.5 Å². The van der Waals surface area contributed by atoms with Crippen molar-refractivity contribution in [3.63, 3.8) is 0 Å². The van der Waals surface area contributed by atoms with Gasteiger partial charge in [-0.2, -0.15) is 0 Å². The molecule has 2 aromatic rings. The van der Waals surface area contributed by atoms with Gasteiger partial charge in [0.25, 0.3) is 5.91 Å². The minimum atomic E-state index is -0.946. The average Bonchev–Trinajstić information content (AvgIpc) is 2.76. The minimum absolute atomic E-state index is 0.207. The topological polar surface area (TPSA) is 55.4 Å². The second-order valence-corrected chi connectivity index (χ2v) is 7.15. The normalized spacial score (nSPS) is 13.7. The van der Waals surface area contributed by atoms with Gasteiger partial charge < -0.3 is 10.1 Å². The van der Waals surface area contributed by atoms with Crippen LogP contribution in [0.3, 0.4) is 0 Å². The van der Waals surface area contributed by atoms with Gasteiger partial charge in [-0.15, -0.1) is 11.3 Å². The molecule has 0 atom stereocenters. The number of carbonyl (C=O) groups is 2. The molecule has 1 heterocycles. The fourth-order valence-corrected chi connectivity index (χ4v) is 4.40. The van der Waals surface area contributed by atoms with Crippen LogP contribution in [0.5, 0.6) is 0 Å². The van der Waals surface area contributed by atoms with Crippen LogP contribution in [0.2, 0.25) is 0 Å². The summed E-state index contributed by atoms with van der Waals surface area (Å²) in [6.07, 6.45) is 4.57. The van der Waals surface area contributed by atoms with Gasteiger partial charge in [0.1, 0.15) is 22.2 Å². The van der Waals surface area contributed by atoms with Gasteiger partial charge in [0.15, 0.2) is 0 Å². The van der Waals surface area contributed by atoms with Crippen LogP contribution in [0, 0.1) is 11.6 Å². The quantitative estimate of drug-likeness (QED) is 0.617. The lowest BCUT2D eigenvalue weighted by molar-refractivity contribution is 0.0527. The highest BCUT2D eigenvalue weighted by molar-refractivity contribution is 7.17. The molecule has 7 heteroatoms. The van der Waals surface area contributed by atoms with Gasteiger partial charge in [0.2, 0.25) is 0 Å². The summed E-state index contributed by atoms with van der Waals surface area (Å²) in [4.78, 5) is 25.9. The van der Waals surface area contributed by atoms with Crippen molar-refractivity contribution in [2.75, 3.05) is 11.9 Å². The highest BCUT2D eigenvalue weighted by Crippen LogP contribution is 2.38. The molecule has 0 spiro atoms. The van der Waals surface area contributed by atoms with E-state index in [0.29, 0.717) is 10.6 Å². The van der Waals surface area contributed by atoms with Gasteiger partial charge in [-0.3, -0.25) is 4.79 Å². The van der Waals surface area contributed by atoms with Crippen LogP contribution in [0.15, 0.2) is 18.2 Å². The largest absolute Gasteiger partial charge is 0.462 e. The Bertz CT molecular complexity index is 827. The fraction of sp³-hybridized carbons (Fsp3) is 0.368. The van der Waals surface area contributed by atoms with Gasteiger partial charge in [-0.05, 0) is 50.3 Å². The van der Waals surface area contributed by atoms with Crippen LogP contribution >= 0.6 is 11.3 Å². The first kappa shape index (κ1) is 18.5. The van der Waals surface area contributed by atoms with Crippen molar-refractivity contribution in [3.05, 3.63) is 51.4 Å². The maximum absolute atomic E-state index is 13.9. The van der Waals surface area contributed by atoms with Crippen molar-refractivity contribution in [2.24, 2.45) is 0 Å². The van der Waals surface area contributed by atoms with E-state index in [1.165, 1.54) is 17.4 Å². The SMILES string of the molecule is CCOC(=O)c1c(NC(=O)c2c(F)cccc2F)sc2c1CCCCC2.